The van der Waals surface area contributed by atoms with Crippen LogP contribution in [0.3, 0.4) is 0 Å². The molecular weight excluding hydrogens is 360 g/mol. The second-order valence-corrected chi connectivity index (χ2v) is 7.78. The topological polar surface area (TPSA) is 115 Å². The summed E-state index contributed by atoms with van der Waals surface area (Å²) in [6, 6.07) is 3.77. The molecule has 0 spiro atoms. The number of nitrogens with zero attached hydrogens (tertiary/aromatic N) is 2. The van der Waals surface area contributed by atoms with Crippen LogP contribution in [0.1, 0.15) is 30.4 Å². The van der Waals surface area contributed by atoms with Crippen molar-refractivity contribution in [2.75, 3.05) is 32.7 Å². The predicted octanol–water partition coefficient (Wildman–Crippen LogP) is 1.28. The van der Waals surface area contributed by atoms with Crippen molar-refractivity contribution in [1.82, 2.24) is 9.80 Å². The van der Waals surface area contributed by atoms with Gasteiger partial charge in [-0.25, -0.2) is 9.59 Å². The number of piperazine rings is 1. The second-order valence-electron chi connectivity index (χ2n) is 6.83. The first-order chi connectivity index (χ1) is 12.0. The quantitative estimate of drug-likeness (QED) is 0.596. The lowest BCUT2D eigenvalue weighted by Crippen LogP contribution is -2.52. The van der Waals surface area contributed by atoms with E-state index in [1.165, 1.54) is 11.3 Å². The van der Waals surface area contributed by atoms with E-state index in [0.29, 0.717) is 19.6 Å². The summed E-state index contributed by atoms with van der Waals surface area (Å²) < 4.78 is 0. The van der Waals surface area contributed by atoms with Crippen LogP contribution in [0.5, 0.6) is 0 Å². The number of thiophene rings is 1. The molecule has 0 atom stereocenters. The summed E-state index contributed by atoms with van der Waals surface area (Å²) in [6.45, 7) is 9.28. The van der Waals surface area contributed by atoms with E-state index in [1.807, 2.05) is 43.2 Å². The number of carbonyl (C=O) groups is 4. The molecule has 1 aliphatic heterocycles. The summed E-state index contributed by atoms with van der Waals surface area (Å²) in [4.78, 5) is 47.3. The van der Waals surface area contributed by atoms with Gasteiger partial charge in [0.1, 0.15) is 0 Å². The molecule has 1 saturated heterocycles. The van der Waals surface area contributed by atoms with E-state index in [-0.39, 0.29) is 17.1 Å². The summed E-state index contributed by atoms with van der Waals surface area (Å²) >= 11 is 1.49. The first-order valence-electron chi connectivity index (χ1n) is 8.07. The third-order valence-corrected chi connectivity index (χ3v) is 4.56. The molecular formula is C17H24N2O6S. The van der Waals surface area contributed by atoms with Gasteiger partial charge in [0.05, 0.1) is 11.4 Å². The van der Waals surface area contributed by atoms with E-state index in [9.17, 15) is 9.59 Å². The Morgan fingerprint density at radius 2 is 1.58 bits per heavy atom. The van der Waals surface area contributed by atoms with E-state index < -0.39 is 11.9 Å². The van der Waals surface area contributed by atoms with E-state index in [1.54, 1.807) is 0 Å². The molecule has 2 rings (SSSR count). The summed E-state index contributed by atoms with van der Waals surface area (Å²) in [5, 5.41) is 16.7. The van der Waals surface area contributed by atoms with Crippen LogP contribution < -0.4 is 0 Å². The Hall–Kier alpha value is -2.26. The molecule has 8 nitrogen and oxygen atoms in total. The number of Topliss-reactive ketones (excluding diaryl/α,β-unsaturated/α-hetero) is 1. The van der Waals surface area contributed by atoms with Crippen LogP contribution >= 0.6 is 11.3 Å². The lowest BCUT2D eigenvalue weighted by molar-refractivity contribution is -0.159. The number of carboxylic acids is 2. The van der Waals surface area contributed by atoms with Crippen molar-refractivity contribution in [2.45, 2.75) is 20.8 Å². The number of carboxylic acid groups (broad SMARTS) is 2. The third-order valence-electron chi connectivity index (χ3n) is 3.65. The fraction of sp³-hybridized carbons (Fsp3) is 0.529. The van der Waals surface area contributed by atoms with Crippen LogP contribution in [-0.4, -0.2) is 76.4 Å². The van der Waals surface area contributed by atoms with Crippen molar-refractivity contribution in [3.8, 4) is 0 Å². The molecule has 2 N–H and O–H groups in total. The number of carbonyl (C=O) groups excluding carboxylic acids is 2. The summed E-state index contributed by atoms with van der Waals surface area (Å²) in [5.74, 6) is -3.28. The minimum atomic E-state index is -1.82. The van der Waals surface area contributed by atoms with Crippen LogP contribution in [0.15, 0.2) is 17.5 Å². The zero-order valence-electron chi connectivity index (χ0n) is 15.1. The summed E-state index contributed by atoms with van der Waals surface area (Å²) in [7, 11) is 0. The van der Waals surface area contributed by atoms with E-state index in [4.69, 9.17) is 19.8 Å². The Bertz CT molecular complexity index is 631. The minimum absolute atomic E-state index is 0.176. The molecule has 9 heteroatoms. The predicted molar refractivity (Wildman–Crippen MR) is 96.4 cm³/mol. The number of amides is 1. The van der Waals surface area contributed by atoms with E-state index in [2.05, 4.69) is 4.90 Å². The minimum Gasteiger partial charge on any atom is -0.473 e. The van der Waals surface area contributed by atoms with Crippen LogP contribution in [-0.2, 0) is 14.4 Å². The van der Waals surface area contributed by atoms with Crippen LogP contribution in [0, 0.1) is 5.41 Å². The van der Waals surface area contributed by atoms with Gasteiger partial charge in [0.15, 0.2) is 5.78 Å². The third kappa shape index (κ3) is 6.93. The van der Waals surface area contributed by atoms with E-state index in [0.717, 1.165) is 18.0 Å². The van der Waals surface area contributed by atoms with Crippen LogP contribution in [0.2, 0.25) is 0 Å². The Morgan fingerprint density at radius 3 is 1.96 bits per heavy atom. The molecule has 0 saturated carbocycles. The zero-order chi connectivity index (χ0) is 19.9. The maximum atomic E-state index is 12.2. The molecule has 0 radical (unpaired) electrons. The Morgan fingerprint density at radius 1 is 1.04 bits per heavy atom. The molecule has 26 heavy (non-hydrogen) atoms. The first kappa shape index (κ1) is 21.8. The SMILES string of the molecule is CC(C)(C)C(=O)N1CCN(CC(=O)c2cccs2)CC1.O=C(O)C(=O)O. The molecule has 1 aromatic rings. The van der Waals surface area contributed by atoms with Gasteiger partial charge in [0.2, 0.25) is 5.91 Å². The zero-order valence-corrected chi connectivity index (χ0v) is 15.9. The first-order valence-corrected chi connectivity index (χ1v) is 8.95. The van der Waals surface area contributed by atoms with Gasteiger partial charge in [-0.1, -0.05) is 26.8 Å². The van der Waals surface area contributed by atoms with Crippen molar-refractivity contribution < 1.29 is 29.4 Å². The van der Waals surface area contributed by atoms with Gasteiger partial charge in [-0.2, -0.15) is 0 Å². The number of aliphatic carboxylic acids is 2. The maximum absolute atomic E-state index is 12.2. The molecule has 1 amide bonds. The molecule has 144 valence electrons. The highest BCUT2D eigenvalue weighted by atomic mass is 32.1. The highest BCUT2D eigenvalue weighted by Crippen LogP contribution is 2.19. The average molecular weight is 384 g/mol. The molecule has 0 unspecified atom stereocenters. The normalized spacial score (nSPS) is 15.0. The van der Waals surface area contributed by atoms with Gasteiger partial charge >= 0.3 is 11.9 Å². The Labute approximate surface area is 156 Å². The Balaban J connectivity index is 0.000000487. The van der Waals surface area contributed by atoms with Gasteiger partial charge in [-0.15, -0.1) is 11.3 Å². The largest absolute Gasteiger partial charge is 0.473 e. The Kier molecular flexibility index (Phi) is 7.91. The number of rotatable bonds is 3. The molecule has 0 bridgehead atoms. The highest BCUT2D eigenvalue weighted by Gasteiger charge is 2.30. The van der Waals surface area contributed by atoms with Crippen LogP contribution in [0.4, 0.5) is 0 Å². The average Bonchev–Trinajstić information content (AvgIpc) is 3.09. The molecule has 1 aromatic heterocycles. The number of ketones is 1. The van der Waals surface area contributed by atoms with Gasteiger partial charge in [0.25, 0.3) is 0 Å². The monoisotopic (exact) mass is 384 g/mol. The second kappa shape index (κ2) is 9.44. The van der Waals surface area contributed by atoms with Crippen molar-refractivity contribution in [3.63, 3.8) is 0 Å². The fourth-order valence-electron chi connectivity index (χ4n) is 2.30. The molecule has 0 aromatic carbocycles. The lowest BCUT2D eigenvalue weighted by atomic mass is 9.94. The van der Waals surface area contributed by atoms with Crippen molar-refractivity contribution in [1.29, 1.82) is 0 Å². The van der Waals surface area contributed by atoms with E-state index >= 15 is 0 Å². The van der Waals surface area contributed by atoms with Crippen molar-refractivity contribution in [3.05, 3.63) is 22.4 Å². The molecule has 2 heterocycles. The summed E-state index contributed by atoms with van der Waals surface area (Å²) in [5.41, 5.74) is -0.324. The van der Waals surface area contributed by atoms with Crippen molar-refractivity contribution in [2.24, 2.45) is 5.41 Å². The standard InChI is InChI=1S/C15H22N2O2S.C2H2O4/c1-15(2,3)14(19)17-8-6-16(7-9-17)11-12(18)13-5-4-10-20-13;3-1(4)2(5)6/h4-5,10H,6-9,11H2,1-3H3;(H,3,4)(H,5,6). The molecule has 1 fully saturated rings. The molecule has 0 aliphatic carbocycles. The smallest absolute Gasteiger partial charge is 0.414 e. The molecule has 1 aliphatic rings. The van der Waals surface area contributed by atoms with Crippen molar-refractivity contribution >= 4 is 35.0 Å². The highest BCUT2D eigenvalue weighted by molar-refractivity contribution is 7.12. The summed E-state index contributed by atoms with van der Waals surface area (Å²) in [6.07, 6.45) is 0. The number of hydrogen-bond donors (Lipinski definition) is 2. The van der Waals surface area contributed by atoms with Gasteiger partial charge in [-0.3, -0.25) is 14.5 Å². The van der Waals surface area contributed by atoms with Gasteiger partial charge in [-0.05, 0) is 11.4 Å². The van der Waals surface area contributed by atoms with Gasteiger partial charge < -0.3 is 15.1 Å². The maximum Gasteiger partial charge on any atom is 0.414 e. The van der Waals surface area contributed by atoms with Gasteiger partial charge in [0, 0.05) is 31.6 Å². The van der Waals surface area contributed by atoms with Crippen LogP contribution in [0.25, 0.3) is 0 Å². The fourth-order valence-corrected chi connectivity index (χ4v) is 2.96. The number of hydrogen-bond acceptors (Lipinski definition) is 6. The lowest BCUT2D eigenvalue weighted by Gasteiger charge is -2.37.